The van der Waals surface area contributed by atoms with Gasteiger partial charge in [-0.15, -0.1) is 0 Å². The largest absolute Gasteiger partial charge is 0.444 e. The summed E-state index contributed by atoms with van der Waals surface area (Å²) < 4.78 is 11.5. The first-order chi connectivity index (χ1) is 11.7. The van der Waals surface area contributed by atoms with Gasteiger partial charge in [0.2, 0.25) is 0 Å². The lowest BCUT2D eigenvalue weighted by Crippen LogP contribution is -2.35. The molecule has 0 aromatic heterocycles. The van der Waals surface area contributed by atoms with Crippen molar-refractivity contribution in [3.05, 3.63) is 35.9 Å². The Morgan fingerprint density at radius 3 is 2.40 bits per heavy atom. The first-order valence-electron chi connectivity index (χ1n) is 9.34. The first kappa shape index (κ1) is 19.8. The van der Waals surface area contributed by atoms with Gasteiger partial charge in [0.1, 0.15) is 5.60 Å². The molecule has 1 amide bonds. The number of nitrogens with zero attached hydrogens (tertiary/aromatic N) is 1. The maximum absolute atomic E-state index is 12.4. The molecule has 25 heavy (non-hydrogen) atoms. The molecule has 0 unspecified atom stereocenters. The maximum Gasteiger partial charge on any atom is 0.410 e. The summed E-state index contributed by atoms with van der Waals surface area (Å²) >= 11 is 0. The Morgan fingerprint density at radius 1 is 1.16 bits per heavy atom. The molecular formula is C21H33NO3. The van der Waals surface area contributed by atoms with E-state index in [9.17, 15) is 4.79 Å². The monoisotopic (exact) mass is 347 g/mol. The normalized spacial score (nSPS) is 21.0. The van der Waals surface area contributed by atoms with Crippen LogP contribution in [0.25, 0.3) is 0 Å². The van der Waals surface area contributed by atoms with Gasteiger partial charge in [0.15, 0.2) is 0 Å². The Balaban J connectivity index is 1.90. The van der Waals surface area contributed by atoms with E-state index in [0.29, 0.717) is 31.0 Å². The summed E-state index contributed by atoms with van der Waals surface area (Å²) in [5.74, 6) is 1.46. The van der Waals surface area contributed by atoms with E-state index in [0.717, 1.165) is 19.5 Å². The van der Waals surface area contributed by atoms with Crippen molar-refractivity contribution in [1.29, 1.82) is 0 Å². The van der Waals surface area contributed by atoms with Crippen LogP contribution < -0.4 is 0 Å². The van der Waals surface area contributed by atoms with Crippen LogP contribution in [0.15, 0.2) is 30.3 Å². The first-order valence-corrected chi connectivity index (χ1v) is 9.34. The molecule has 1 aliphatic rings. The number of ether oxygens (including phenoxy) is 2. The summed E-state index contributed by atoms with van der Waals surface area (Å²) in [4.78, 5) is 14.3. The highest BCUT2D eigenvalue weighted by molar-refractivity contribution is 5.68. The number of carbonyl (C=O) groups excluding carboxylic acids is 1. The van der Waals surface area contributed by atoms with Crippen molar-refractivity contribution in [1.82, 2.24) is 4.90 Å². The molecule has 2 atom stereocenters. The topological polar surface area (TPSA) is 38.8 Å². The second-order valence-corrected chi connectivity index (χ2v) is 8.54. The molecule has 0 spiro atoms. The van der Waals surface area contributed by atoms with Crippen LogP contribution in [0.2, 0.25) is 0 Å². The molecule has 1 heterocycles. The summed E-state index contributed by atoms with van der Waals surface area (Å²) in [7, 11) is 0. The Hall–Kier alpha value is -1.55. The molecule has 2 rings (SSSR count). The van der Waals surface area contributed by atoms with E-state index in [1.54, 1.807) is 0 Å². The molecule has 4 nitrogen and oxygen atoms in total. The van der Waals surface area contributed by atoms with E-state index in [2.05, 4.69) is 26.0 Å². The van der Waals surface area contributed by atoms with Crippen LogP contribution in [-0.4, -0.2) is 36.3 Å². The van der Waals surface area contributed by atoms with Crippen molar-refractivity contribution in [2.24, 2.45) is 17.8 Å². The lowest BCUT2D eigenvalue weighted by atomic mass is 9.89. The third-order valence-electron chi connectivity index (χ3n) is 4.45. The number of carbonyl (C=O) groups is 1. The van der Waals surface area contributed by atoms with Crippen LogP contribution in [0.4, 0.5) is 4.79 Å². The quantitative estimate of drug-likeness (QED) is 0.746. The van der Waals surface area contributed by atoms with Crippen molar-refractivity contribution in [2.45, 2.75) is 53.2 Å². The standard InChI is InChI=1S/C21H33NO3/c1-16(2)11-18-12-22(20(23)25-21(3,4)5)13-19(18)15-24-14-17-9-7-6-8-10-17/h6-10,16,18-19H,11-15H2,1-5H3/t18-,19+/m0/s1. The van der Waals surface area contributed by atoms with E-state index in [1.165, 1.54) is 5.56 Å². The number of hydrogen-bond donors (Lipinski definition) is 0. The molecule has 1 aromatic rings. The van der Waals surface area contributed by atoms with Crippen LogP contribution in [0, 0.1) is 17.8 Å². The molecule has 1 fully saturated rings. The van der Waals surface area contributed by atoms with Gasteiger partial charge in [0.05, 0.1) is 13.2 Å². The summed E-state index contributed by atoms with van der Waals surface area (Å²) in [5.41, 5.74) is 0.733. The van der Waals surface area contributed by atoms with Gasteiger partial charge in [-0.25, -0.2) is 4.79 Å². The van der Waals surface area contributed by atoms with E-state index >= 15 is 0 Å². The fourth-order valence-corrected chi connectivity index (χ4v) is 3.38. The third kappa shape index (κ3) is 6.69. The zero-order valence-electron chi connectivity index (χ0n) is 16.3. The molecular weight excluding hydrogens is 314 g/mol. The van der Waals surface area contributed by atoms with Gasteiger partial charge in [-0.3, -0.25) is 0 Å². The van der Waals surface area contributed by atoms with Crippen molar-refractivity contribution in [2.75, 3.05) is 19.7 Å². The number of benzene rings is 1. The van der Waals surface area contributed by atoms with E-state index < -0.39 is 5.60 Å². The fraction of sp³-hybridized carbons (Fsp3) is 0.667. The second-order valence-electron chi connectivity index (χ2n) is 8.54. The average Bonchev–Trinajstić information content (AvgIpc) is 2.89. The molecule has 0 bridgehead atoms. The van der Waals surface area contributed by atoms with Gasteiger partial charge in [0, 0.05) is 19.0 Å². The third-order valence-corrected chi connectivity index (χ3v) is 4.45. The highest BCUT2D eigenvalue weighted by atomic mass is 16.6. The Morgan fingerprint density at radius 2 is 1.80 bits per heavy atom. The van der Waals surface area contributed by atoms with Crippen LogP contribution in [-0.2, 0) is 16.1 Å². The maximum atomic E-state index is 12.4. The molecule has 1 aromatic carbocycles. The van der Waals surface area contributed by atoms with Gasteiger partial charge in [-0.05, 0) is 44.6 Å². The van der Waals surface area contributed by atoms with Gasteiger partial charge < -0.3 is 14.4 Å². The number of hydrogen-bond acceptors (Lipinski definition) is 3. The molecule has 0 aliphatic carbocycles. The van der Waals surface area contributed by atoms with Gasteiger partial charge in [-0.2, -0.15) is 0 Å². The Bertz CT molecular complexity index is 536. The minimum absolute atomic E-state index is 0.202. The lowest BCUT2D eigenvalue weighted by Gasteiger charge is -2.24. The summed E-state index contributed by atoms with van der Waals surface area (Å²) in [6.45, 7) is 13.0. The minimum Gasteiger partial charge on any atom is -0.444 e. The SMILES string of the molecule is CC(C)C[C@H]1CN(C(=O)OC(C)(C)C)C[C@@H]1COCc1ccccc1. The Labute approximate surface area is 152 Å². The minimum atomic E-state index is -0.452. The number of amides is 1. The van der Waals surface area contributed by atoms with Crippen molar-refractivity contribution in [3.63, 3.8) is 0 Å². The summed E-state index contributed by atoms with van der Waals surface area (Å²) in [5, 5.41) is 0. The van der Waals surface area contributed by atoms with Crippen LogP contribution in [0.1, 0.15) is 46.6 Å². The zero-order valence-corrected chi connectivity index (χ0v) is 16.3. The highest BCUT2D eigenvalue weighted by Crippen LogP contribution is 2.30. The van der Waals surface area contributed by atoms with Gasteiger partial charge in [0.25, 0.3) is 0 Å². The average molecular weight is 347 g/mol. The highest BCUT2D eigenvalue weighted by Gasteiger charge is 2.37. The van der Waals surface area contributed by atoms with Crippen LogP contribution >= 0.6 is 0 Å². The molecule has 1 aliphatic heterocycles. The molecule has 0 radical (unpaired) electrons. The number of rotatable bonds is 6. The van der Waals surface area contributed by atoms with Crippen LogP contribution in [0.3, 0.4) is 0 Å². The van der Waals surface area contributed by atoms with Gasteiger partial charge in [-0.1, -0.05) is 44.2 Å². The van der Waals surface area contributed by atoms with Crippen molar-refractivity contribution >= 4 is 6.09 Å². The van der Waals surface area contributed by atoms with E-state index in [4.69, 9.17) is 9.47 Å². The van der Waals surface area contributed by atoms with Crippen molar-refractivity contribution in [3.8, 4) is 0 Å². The van der Waals surface area contributed by atoms with Gasteiger partial charge >= 0.3 is 6.09 Å². The van der Waals surface area contributed by atoms with E-state index in [1.807, 2.05) is 43.9 Å². The smallest absolute Gasteiger partial charge is 0.410 e. The summed E-state index contributed by atoms with van der Waals surface area (Å²) in [6, 6.07) is 10.2. The van der Waals surface area contributed by atoms with E-state index in [-0.39, 0.29) is 6.09 Å². The second kappa shape index (κ2) is 8.70. The molecule has 140 valence electrons. The molecule has 4 heteroatoms. The zero-order chi connectivity index (χ0) is 18.4. The molecule has 1 saturated heterocycles. The predicted octanol–water partition coefficient (Wildman–Crippen LogP) is 4.73. The predicted molar refractivity (Wildman–Crippen MR) is 100 cm³/mol. The summed E-state index contributed by atoms with van der Waals surface area (Å²) in [6.07, 6.45) is 0.908. The molecule has 0 saturated carbocycles. The number of likely N-dealkylation sites (tertiary alicyclic amines) is 1. The Kier molecular flexibility index (Phi) is 6.88. The fourth-order valence-electron chi connectivity index (χ4n) is 3.38. The lowest BCUT2D eigenvalue weighted by molar-refractivity contribution is 0.0271. The van der Waals surface area contributed by atoms with Crippen LogP contribution in [0.5, 0.6) is 0 Å². The van der Waals surface area contributed by atoms with Crippen molar-refractivity contribution < 1.29 is 14.3 Å². The molecule has 0 N–H and O–H groups in total.